The summed E-state index contributed by atoms with van der Waals surface area (Å²) in [5.74, 6) is 1.14. The average Bonchev–Trinajstić information content (AvgIpc) is 2.37. The summed E-state index contributed by atoms with van der Waals surface area (Å²) in [6.45, 7) is 17.8. The minimum Gasteiger partial charge on any atom is 0 e. The van der Waals surface area contributed by atoms with Gasteiger partial charge in [-0.1, -0.05) is 11.6 Å². The molecule has 0 unspecified atom stereocenters. The fourth-order valence-corrected chi connectivity index (χ4v) is 1.29. The minimum atomic E-state index is 0. The van der Waals surface area contributed by atoms with Gasteiger partial charge in [-0.3, -0.25) is 0 Å². The number of rotatable bonds is 1. The third-order valence-electron chi connectivity index (χ3n) is 1.90. The van der Waals surface area contributed by atoms with E-state index in [1.165, 1.54) is 11.1 Å². The van der Waals surface area contributed by atoms with Crippen molar-refractivity contribution in [3.8, 4) is 0 Å². The van der Waals surface area contributed by atoms with Crippen molar-refractivity contribution in [1.29, 1.82) is 0 Å². The molecule has 0 amide bonds. The van der Waals surface area contributed by atoms with Gasteiger partial charge in [-0.15, -0.1) is 0 Å². The Morgan fingerprint density at radius 1 is 1.00 bits per heavy atom. The predicted molar refractivity (Wildman–Crippen MR) is 54.5 cm³/mol. The van der Waals surface area contributed by atoms with Crippen LogP contribution in [0.5, 0.6) is 0 Å². The van der Waals surface area contributed by atoms with Crippen LogP contribution in [0.2, 0.25) is 0 Å². The van der Waals surface area contributed by atoms with Gasteiger partial charge < -0.3 is 4.74 Å². The molecule has 0 aliphatic heterocycles. The minimum absolute atomic E-state index is 0. The molecule has 0 aromatic carbocycles. The second-order valence-corrected chi connectivity index (χ2v) is 2.80. The largest absolute Gasteiger partial charge is 0 e. The van der Waals surface area contributed by atoms with Crippen molar-refractivity contribution in [3.05, 3.63) is 42.9 Å². The van der Waals surface area contributed by atoms with Gasteiger partial charge in [0.1, 0.15) is 0 Å². The Balaban J connectivity index is -0.000000106. The van der Waals surface area contributed by atoms with Gasteiger partial charge in [-0.2, -0.15) is 0 Å². The van der Waals surface area contributed by atoms with Crippen molar-refractivity contribution in [1.82, 2.24) is 0 Å². The molecule has 1 aliphatic carbocycles. The molecule has 0 bridgehead atoms. The summed E-state index contributed by atoms with van der Waals surface area (Å²) >= 11 is 0. The van der Waals surface area contributed by atoms with Crippen LogP contribution in [-0.2, 0) is 35.8 Å². The summed E-state index contributed by atoms with van der Waals surface area (Å²) in [6.07, 6.45) is 4.42. The molecule has 0 fully saturated rings. The first-order chi connectivity index (χ1) is 7.74. The van der Waals surface area contributed by atoms with Gasteiger partial charge in [0.15, 0.2) is 0 Å². The van der Waals surface area contributed by atoms with E-state index in [2.05, 4.69) is 39.9 Å². The molecule has 1 aliphatic rings. The molecule has 4 nitrogen and oxygen atoms in total. The van der Waals surface area contributed by atoms with Crippen LogP contribution < -0.4 is 0 Å². The van der Waals surface area contributed by atoms with E-state index in [9.17, 15) is 0 Å². The fraction of sp³-hybridized carbons (Fsp3) is 0.417. The van der Waals surface area contributed by atoms with Crippen LogP contribution in [0.1, 0.15) is 26.7 Å². The fourth-order valence-electron chi connectivity index (χ4n) is 1.29. The molecule has 5 heteroatoms. The number of hydrogen-bond acceptors (Lipinski definition) is 1. The summed E-state index contributed by atoms with van der Waals surface area (Å²) in [6, 6.07) is 0. The summed E-state index contributed by atoms with van der Waals surface area (Å²) in [7, 11) is 1.74. The van der Waals surface area contributed by atoms with Crippen LogP contribution >= 0.6 is 0 Å². The zero-order valence-corrected chi connectivity index (χ0v) is 11.1. The smallest absolute Gasteiger partial charge is 0 e. The van der Waals surface area contributed by atoms with Crippen molar-refractivity contribution in [2.75, 3.05) is 7.11 Å². The van der Waals surface area contributed by atoms with E-state index in [4.69, 9.17) is 18.7 Å². The van der Waals surface area contributed by atoms with E-state index in [0.29, 0.717) is 0 Å². The van der Waals surface area contributed by atoms with Gasteiger partial charge in [-0.05, 0) is 25.8 Å². The first kappa shape index (κ1) is 25.0. The Labute approximate surface area is 113 Å². The van der Waals surface area contributed by atoms with Gasteiger partial charge in [-0.25, -0.2) is 0 Å². The predicted octanol–water partition coefficient (Wildman–Crippen LogP) is 2.53. The van der Waals surface area contributed by atoms with Gasteiger partial charge >= 0.3 is 33.9 Å². The molecular formula is C12H14FeO4. The molecule has 1 rings (SSSR count). The standard InChI is InChI=1S/C9H14O.3CO.Fe/c1-7-4-5-9(10-3)8(2)6-7;3*1-2;/h6H,4-5H2,1-3H3;;;;. The second-order valence-electron chi connectivity index (χ2n) is 2.80. The van der Waals surface area contributed by atoms with Crippen LogP contribution in [0.3, 0.4) is 0 Å². The van der Waals surface area contributed by atoms with Gasteiger partial charge in [0, 0.05) is 23.5 Å². The summed E-state index contributed by atoms with van der Waals surface area (Å²) in [5.41, 5.74) is 2.74. The summed E-state index contributed by atoms with van der Waals surface area (Å²) in [5, 5.41) is 0. The average molecular weight is 278 g/mol. The molecule has 0 radical (unpaired) electrons. The van der Waals surface area contributed by atoms with Crippen LogP contribution in [0.25, 0.3) is 0 Å². The molecule has 0 N–H and O–H groups in total. The van der Waals surface area contributed by atoms with Gasteiger partial charge in [0.25, 0.3) is 0 Å². The number of hydrogen-bond donors (Lipinski definition) is 0. The van der Waals surface area contributed by atoms with Crippen LogP contribution in [-0.4, -0.2) is 7.11 Å². The Bertz CT molecular complexity index is 283. The summed E-state index contributed by atoms with van der Waals surface area (Å²) in [4.78, 5) is 0. The molecular weight excluding hydrogens is 264 g/mol. The molecule has 0 aromatic heterocycles. The van der Waals surface area contributed by atoms with E-state index < -0.39 is 0 Å². The maximum atomic E-state index is 7.50. The van der Waals surface area contributed by atoms with E-state index in [0.717, 1.165) is 18.6 Å². The zero-order chi connectivity index (χ0) is 13.6. The Morgan fingerprint density at radius 2 is 1.41 bits per heavy atom. The molecule has 0 atom stereocenters. The topological polar surface area (TPSA) is 68.9 Å². The number of methoxy groups -OCH3 is 1. The Morgan fingerprint density at radius 3 is 1.71 bits per heavy atom. The molecule has 0 heterocycles. The Hall–Kier alpha value is -0.981. The van der Waals surface area contributed by atoms with E-state index in [-0.39, 0.29) is 17.1 Å². The molecule has 0 saturated carbocycles. The second kappa shape index (κ2) is 20.4. The SMILES string of the molecule is COC1=C(C)C=C(C)CC1.[C-]#[O+].[C-]#[O+].[C-]#[O+].[Fe]. The van der Waals surface area contributed by atoms with E-state index in [1.54, 1.807) is 7.11 Å². The normalized spacial score (nSPS) is 11.5. The van der Waals surface area contributed by atoms with Crippen molar-refractivity contribution in [2.24, 2.45) is 0 Å². The van der Waals surface area contributed by atoms with E-state index >= 15 is 0 Å². The monoisotopic (exact) mass is 278 g/mol. The Kier molecular flexibility index (Phi) is 30.1. The molecule has 94 valence electrons. The third-order valence-corrected chi connectivity index (χ3v) is 1.90. The van der Waals surface area contributed by atoms with Gasteiger partial charge in [0.2, 0.25) is 0 Å². The molecule has 0 aromatic rings. The van der Waals surface area contributed by atoms with Crippen molar-refractivity contribution >= 4 is 0 Å². The number of allylic oxidation sites excluding steroid dienone is 4. The van der Waals surface area contributed by atoms with Crippen LogP contribution in [0.4, 0.5) is 0 Å². The van der Waals surface area contributed by atoms with Crippen molar-refractivity contribution < 1.29 is 35.8 Å². The first-order valence-electron chi connectivity index (χ1n) is 4.26. The van der Waals surface area contributed by atoms with Crippen LogP contribution in [0, 0.1) is 20.0 Å². The molecule has 0 saturated heterocycles. The molecule has 17 heavy (non-hydrogen) atoms. The maximum Gasteiger partial charge on any atom is 0 e. The van der Waals surface area contributed by atoms with Crippen molar-refractivity contribution in [2.45, 2.75) is 26.7 Å². The van der Waals surface area contributed by atoms with E-state index in [1.807, 2.05) is 0 Å². The quantitative estimate of drug-likeness (QED) is 0.413. The van der Waals surface area contributed by atoms with Crippen molar-refractivity contribution in [3.63, 3.8) is 0 Å². The zero-order valence-electron chi connectivity index (χ0n) is 9.98. The first-order valence-corrected chi connectivity index (χ1v) is 4.26. The third kappa shape index (κ3) is 13.0. The number of ether oxygens (including phenoxy) is 1. The van der Waals surface area contributed by atoms with Gasteiger partial charge in [0.05, 0.1) is 12.9 Å². The summed E-state index contributed by atoms with van der Waals surface area (Å²) < 4.78 is 27.7. The maximum absolute atomic E-state index is 7.50. The van der Waals surface area contributed by atoms with Crippen LogP contribution in [0.15, 0.2) is 23.0 Å². The molecule has 0 spiro atoms.